The molecule has 0 aliphatic heterocycles. The van der Waals surface area contributed by atoms with E-state index < -0.39 is 0 Å². The topological polar surface area (TPSA) is 28.5 Å². The first-order chi connectivity index (χ1) is 5.75. The van der Waals surface area contributed by atoms with Gasteiger partial charge in [-0.1, -0.05) is 0 Å². The van der Waals surface area contributed by atoms with Crippen molar-refractivity contribution >= 4 is 28.8 Å². The Morgan fingerprint density at radius 3 is 2.92 bits per heavy atom. The summed E-state index contributed by atoms with van der Waals surface area (Å²) in [5, 5.41) is 2.32. The summed E-state index contributed by atoms with van der Waals surface area (Å²) in [5.74, 6) is 0. The molecule has 0 N–H and O–H groups in total. The minimum absolute atomic E-state index is 0.748. The van der Waals surface area contributed by atoms with Gasteiger partial charge in [-0.25, -0.2) is 0 Å². The Balaban J connectivity index is 3.17. The molecule has 0 spiro atoms. The first-order valence-corrected chi connectivity index (χ1v) is 3.85. The summed E-state index contributed by atoms with van der Waals surface area (Å²) in [6.45, 7) is 0. The van der Waals surface area contributed by atoms with Gasteiger partial charge < -0.3 is 4.90 Å². The molecule has 62 valence electrons. The standard InChI is InChI=1S/C8H9N3S/c1-11(2)8-3-4-9-5-7(8)10-6-12/h3-5H,1-2H3. The average molecular weight is 179 g/mol. The van der Waals surface area contributed by atoms with Crippen LogP contribution in [0, 0.1) is 0 Å². The summed E-state index contributed by atoms with van der Waals surface area (Å²) in [7, 11) is 3.88. The van der Waals surface area contributed by atoms with E-state index in [0.717, 1.165) is 11.4 Å². The SMILES string of the molecule is CN(C)c1ccncc1N=C=S. The van der Waals surface area contributed by atoms with Crippen molar-refractivity contribution < 1.29 is 0 Å². The Bertz CT molecular complexity index is 316. The number of anilines is 1. The van der Waals surface area contributed by atoms with Crippen molar-refractivity contribution in [3.63, 3.8) is 0 Å². The summed E-state index contributed by atoms with van der Waals surface area (Å²) < 4.78 is 0. The van der Waals surface area contributed by atoms with Gasteiger partial charge in [-0.3, -0.25) is 4.98 Å². The molecule has 1 aromatic rings. The molecular formula is C8H9N3S. The van der Waals surface area contributed by atoms with Crippen LogP contribution in [-0.2, 0) is 0 Å². The second-order valence-electron chi connectivity index (χ2n) is 2.46. The van der Waals surface area contributed by atoms with Gasteiger partial charge in [0.1, 0.15) is 5.69 Å². The zero-order valence-electron chi connectivity index (χ0n) is 6.98. The lowest BCUT2D eigenvalue weighted by Gasteiger charge is -2.13. The van der Waals surface area contributed by atoms with Crippen LogP contribution >= 0.6 is 12.2 Å². The van der Waals surface area contributed by atoms with Gasteiger partial charge in [0.15, 0.2) is 0 Å². The Hall–Kier alpha value is -1.25. The first kappa shape index (κ1) is 8.84. The lowest BCUT2D eigenvalue weighted by Crippen LogP contribution is -2.08. The Kier molecular flexibility index (Phi) is 2.91. The number of pyridine rings is 1. The van der Waals surface area contributed by atoms with Gasteiger partial charge >= 0.3 is 0 Å². The monoisotopic (exact) mass is 179 g/mol. The fourth-order valence-corrected chi connectivity index (χ4v) is 0.991. The van der Waals surface area contributed by atoms with Crippen LogP contribution in [0.4, 0.5) is 11.4 Å². The smallest absolute Gasteiger partial charge is 0.115 e. The fraction of sp³-hybridized carbons (Fsp3) is 0.250. The zero-order chi connectivity index (χ0) is 8.97. The molecule has 4 heteroatoms. The van der Waals surface area contributed by atoms with Crippen LogP contribution in [0.5, 0.6) is 0 Å². The van der Waals surface area contributed by atoms with E-state index in [1.54, 1.807) is 12.4 Å². The number of aliphatic imine (C=N–C) groups is 1. The van der Waals surface area contributed by atoms with E-state index in [1.165, 1.54) is 0 Å². The molecule has 0 radical (unpaired) electrons. The number of hydrogen-bond acceptors (Lipinski definition) is 4. The largest absolute Gasteiger partial charge is 0.376 e. The van der Waals surface area contributed by atoms with Crippen LogP contribution in [0.2, 0.25) is 0 Å². The molecule has 0 amide bonds. The molecule has 0 saturated carbocycles. The highest BCUT2D eigenvalue weighted by Gasteiger charge is 2.00. The highest BCUT2D eigenvalue weighted by atomic mass is 32.1. The van der Waals surface area contributed by atoms with E-state index in [-0.39, 0.29) is 0 Å². The maximum atomic E-state index is 4.52. The maximum absolute atomic E-state index is 4.52. The van der Waals surface area contributed by atoms with E-state index in [9.17, 15) is 0 Å². The van der Waals surface area contributed by atoms with Crippen LogP contribution in [-0.4, -0.2) is 24.2 Å². The minimum atomic E-state index is 0.748. The number of aromatic nitrogens is 1. The molecule has 1 aromatic heterocycles. The normalized spacial score (nSPS) is 8.83. The predicted molar refractivity (Wildman–Crippen MR) is 53.3 cm³/mol. The Morgan fingerprint density at radius 1 is 1.58 bits per heavy atom. The summed E-state index contributed by atoms with van der Waals surface area (Å²) in [6, 6.07) is 1.88. The van der Waals surface area contributed by atoms with Crippen molar-refractivity contribution in [1.29, 1.82) is 0 Å². The van der Waals surface area contributed by atoms with Gasteiger partial charge in [0, 0.05) is 20.3 Å². The number of thiocarbonyl (C=S) groups is 1. The predicted octanol–water partition coefficient (Wildman–Crippen LogP) is 1.88. The van der Waals surface area contributed by atoms with Gasteiger partial charge in [-0.15, -0.1) is 0 Å². The van der Waals surface area contributed by atoms with Crippen molar-refractivity contribution in [3.05, 3.63) is 18.5 Å². The number of isothiocyanates is 1. The lowest BCUT2D eigenvalue weighted by molar-refractivity contribution is 1.12. The molecule has 3 nitrogen and oxygen atoms in total. The van der Waals surface area contributed by atoms with E-state index in [1.807, 2.05) is 25.1 Å². The highest BCUT2D eigenvalue weighted by Crippen LogP contribution is 2.24. The van der Waals surface area contributed by atoms with Crippen LogP contribution < -0.4 is 4.90 Å². The molecule has 0 fully saturated rings. The maximum Gasteiger partial charge on any atom is 0.115 e. The van der Waals surface area contributed by atoms with Gasteiger partial charge in [-0.2, -0.15) is 4.99 Å². The third kappa shape index (κ3) is 1.87. The molecule has 0 saturated heterocycles. The molecular weight excluding hydrogens is 170 g/mol. The fourth-order valence-electron chi connectivity index (χ4n) is 0.892. The third-order valence-electron chi connectivity index (χ3n) is 1.43. The molecule has 0 aromatic carbocycles. The van der Waals surface area contributed by atoms with Crippen molar-refractivity contribution in [3.8, 4) is 0 Å². The third-order valence-corrected chi connectivity index (χ3v) is 1.52. The minimum Gasteiger partial charge on any atom is -0.376 e. The van der Waals surface area contributed by atoms with Gasteiger partial charge in [0.05, 0.1) is 17.0 Å². The summed E-state index contributed by atoms with van der Waals surface area (Å²) in [5.41, 5.74) is 1.74. The summed E-state index contributed by atoms with van der Waals surface area (Å²) >= 11 is 4.52. The molecule has 0 unspecified atom stereocenters. The molecule has 1 heterocycles. The van der Waals surface area contributed by atoms with E-state index in [0.29, 0.717) is 0 Å². The molecule has 0 aliphatic carbocycles. The summed E-state index contributed by atoms with van der Waals surface area (Å²) in [4.78, 5) is 9.78. The molecule has 0 bridgehead atoms. The van der Waals surface area contributed by atoms with E-state index in [2.05, 4.69) is 27.4 Å². The van der Waals surface area contributed by atoms with Crippen molar-refractivity contribution in [2.24, 2.45) is 4.99 Å². The van der Waals surface area contributed by atoms with E-state index >= 15 is 0 Å². The molecule has 0 atom stereocenters. The van der Waals surface area contributed by atoms with Crippen molar-refractivity contribution in [1.82, 2.24) is 4.98 Å². The molecule has 1 rings (SSSR count). The second-order valence-corrected chi connectivity index (χ2v) is 2.64. The van der Waals surface area contributed by atoms with Crippen LogP contribution in [0.15, 0.2) is 23.5 Å². The number of rotatable bonds is 2. The van der Waals surface area contributed by atoms with Gasteiger partial charge in [0.25, 0.3) is 0 Å². The van der Waals surface area contributed by atoms with Crippen molar-refractivity contribution in [2.45, 2.75) is 0 Å². The number of hydrogen-bond donors (Lipinski definition) is 0. The first-order valence-electron chi connectivity index (χ1n) is 3.45. The van der Waals surface area contributed by atoms with Gasteiger partial charge in [-0.05, 0) is 18.3 Å². The van der Waals surface area contributed by atoms with Gasteiger partial charge in [0.2, 0.25) is 0 Å². The number of nitrogens with zero attached hydrogens (tertiary/aromatic N) is 3. The highest BCUT2D eigenvalue weighted by molar-refractivity contribution is 7.78. The van der Waals surface area contributed by atoms with E-state index in [4.69, 9.17) is 0 Å². The second kappa shape index (κ2) is 3.95. The van der Waals surface area contributed by atoms with Crippen molar-refractivity contribution in [2.75, 3.05) is 19.0 Å². The van der Waals surface area contributed by atoms with Crippen LogP contribution in [0.3, 0.4) is 0 Å². The van der Waals surface area contributed by atoms with Crippen LogP contribution in [0.25, 0.3) is 0 Å². The van der Waals surface area contributed by atoms with Crippen LogP contribution in [0.1, 0.15) is 0 Å². The average Bonchev–Trinajstić information content (AvgIpc) is 2.05. The lowest BCUT2D eigenvalue weighted by atomic mass is 10.3. The summed E-state index contributed by atoms with van der Waals surface area (Å²) in [6.07, 6.45) is 3.38. The Labute approximate surface area is 76.8 Å². The molecule has 12 heavy (non-hydrogen) atoms. The Morgan fingerprint density at radius 2 is 2.33 bits per heavy atom. The molecule has 0 aliphatic rings. The quantitative estimate of drug-likeness (QED) is 0.512. The zero-order valence-corrected chi connectivity index (χ0v) is 7.80.